The maximum absolute atomic E-state index is 13.1. The van der Waals surface area contributed by atoms with E-state index in [4.69, 9.17) is 5.10 Å². The maximum Gasteiger partial charge on any atom is 0.222 e. The minimum Gasteiger partial charge on any atom is -0.340 e. The van der Waals surface area contributed by atoms with Crippen LogP contribution in [0.25, 0.3) is 11.5 Å². The standard InChI is InChI=1S/C27H33N9OS/c1-19-24(20(2)35(30-19)26-10-9-25-29-28-21(3)36(25)31-26)8-11-27(37)34-14-12-33(13-15-34)18-22-4-6-23(7-5-22)32-38-16-17-38/h4-7,9-10,16,32H,8,11-15,17-18H2,1-3H3. The number of fused-ring (bicyclic) bond motifs is 1. The Balaban J connectivity index is 1.02. The molecule has 198 valence electrons. The molecule has 0 saturated carbocycles. The Hall–Kier alpha value is -3.57. The third-order valence-corrected chi connectivity index (χ3v) is 8.48. The molecule has 5 heterocycles. The Morgan fingerprint density at radius 2 is 1.74 bits per heavy atom. The van der Waals surface area contributed by atoms with Crippen molar-refractivity contribution in [2.24, 2.45) is 0 Å². The van der Waals surface area contributed by atoms with Crippen molar-refractivity contribution >= 4 is 33.3 Å². The fraction of sp³-hybridized carbons (Fsp3) is 0.407. The zero-order valence-corrected chi connectivity index (χ0v) is 22.9. The number of rotatable bonds is 8. The van der Waals surface area contributed by atoms with E-state index >= 15 is 0 Å². The lowest BCUT2D eigenvalue weighted by Gasteiger charge is -2.35. The van der Waals surface area contributed by atoms with Crippen molar-refractivity contribution in [2.45, 2.75) is 40.2 Å². The lowest BCUT2D eigenvalue weighted by molar-refractivity contribution is -0.133. The molecular weight excluding hydrogens is 498 g/mol. The number of aryl methyl sites for hydroxylation is 2. The van der Waals surface area contributed by atoms with Gasteiger partial charge in [0.2, 0.25) is 5.91 Å². The van der Waals surface area contributed by atoms with Gasteiger partial charge in [0.25, 0.3) is 0 Å². The predicted molar refractivity (Wildman–Crippen MR) is 151 cm³/mol. The SMILES string of the molecule is Cc1nn(-c2ccc3nnc(C)n3n2)c(C)c1CCC(=O)N1CCN(Cc2ccc(NS3=CC3)cc2)CC1. The molecule has 1 amide bonds. The molecule has 1 N–H and O–H groups in total. The summed E-state index contributed by atoms with van der Waals surface area (Å²) in [5.41, 5.74) is 6.26. The van der Waals surface area contributed by atoms with Crippen LogP contribution in [-0.4, -0.2) is 82.6 Å². The van der Waals surface area contributed by atoms with Crippen molar-refractivity contribution in [1.82, 2.24) is 39.4 Å². The van der Waals surface area contributed by atoms with Crippen LogP contribution in [-0.2, 0) is 17.8 Å². The van der Waals surface area contributed by atoms with E-state index in [2.05, 4.69) is 54.6 Å². The lowest BCUT2D eigenvalue weighted by atomic mass is 10.1. The number of nitrogens with zero attached hydrogens (tertiary/aromatic N) is 8. The molecule has 6 rings (SSSR count). The first-order chi connectivity index (χ1) is 18.4. The summed E-state index contributed by atoms with van der Waals surface area (Å²) in [7, 11) is 0.298. The molecule has 0 bridgehead atoms. The fourth-order valence-corrected chi connectivity index (χ4v) is 5.89. The number of benzene rings is 1. The van der Waals surface area contributed by atoms with Crippen LogP contribution in [0.1, 0.15) is 34.8 Å². The number of carbonyl (C=O) groups is 1. The van der Waals surface area contributed by atoms with Crippen LogP contribution < -0.4 is 4.72 Å². The van der Waals surface area contributed by atoms with Crippen LogP contribution >= 0.6 is 10.7 Å². The van der Waals surface area contributed by atoms with Gasteiger partial charge in [0.1, 0.15) is 0 Å². The number of anilines is 1. The number of carbonyl (C=O) groups excluding carboxylic acids is 1. The van der Waals surface area contributed by atoms with Gasteiger partial charge in [-0.15, -0.1) is 15.3 Å². The van der Waals surface area contributed by atoms with Crippen molar-refractivity contribution in [3.63, 3.8) is 0 Å². The predicted octanol–water partition coefficient (Wildman–Crippen LogP) is 2.92. The van der Waals surface area contributed by atoms with Gasteiger partial charge >= 0.3 is 0 Å². The highest BCUT2D eigenvalue weighted by molar-refractivity contribution is 8.23. The highest BCUT2D eigenvalue weighted by Crippen LogP contribution is 2.26. The van der Waals surface area contributed by atoms with Crippen LogP contribution in [0.2, 0.25) is 0 Å². The van der Waals surface area contributed by atoms with Gasteiger partial charge in [0.15, 0.2) is 17.3 Å². The molecule has 1 saturated heterocycles. The van der Waals surface area contributed by atoms with Gasteiger partial charge in [-0.2, -0.15) is 9.61 Å². The van der Waals surface area contributed by atoms with E-state index in [9.17, 15) is 4.79 Å². The van der Waals surface area contributed by atoms with Gasteiger partial charge in [-0.3, -0.25) is 9.69 Å². The number of amides is 1. The lowest BCUT2D eigenvalue weighted by Crippen LogP contribution is -2.48. The Kier molecular flexibility index (Phi) is 6.71. The van der Waals surface area contributed by atoms with Gasteiger partial charge in [0, 0.05) is 56.3 Å². The summed E-state index contributed by atoms with van der Waals surface area (Å²) in [5, 5.41) is 19.9. The fourth-order valence-electron chi connectivity index (χ4n) is 5.01. The van der Waals surface area contributed by atoms with Crippen molar-refractivity contribution in [3.05, 3.63) is 64.7 Å². The first-order valence-corrected chi connectivity index (χ1v) is 14.5. The number of nitrogens with one attached hydrogen (secondary N) is 1. The maximum atomic E-state index is 13.1. The van der Waals surface area contributed by atoms with Crippen molar-refractivity contribution in [3.8, 4) is 5.82 Å². The van der Waals surface area contributed by atoms with E-state index in [1.807, 2.05) is 42.5 Å². The molecule has 4 aromatic rings. The average molecular weight is 532 g/mol. The van der Waals surface area contributed by atoms with Crippen molar-refractivity contribution in [1.29, 1.82) is 0 Å². The zero-order valence-electron chi connectivity index (χ0n) is 22.1. The Bertz CT molecular complexity index is 1510. The Morgan fingerprint density at radius 3 is 2.47 bits per heavy atom. The number of hydrogen-bond acceptors (Lipinski definition) is 7. The monoisotopic (exact) mass is 531 g/mol. The molecule has 1 fully saturated rings. The summed E-state index contributed by atoms with van der Waals surface area (Å²) in [6.45, 7) is 10.2. The second-order valence-corrected chi connectivity index (χ2v) is 11.7. The molecule has 38 heavy (non-hydrogen) atoms. The molecule has 1 unspecified atom stereocenters. The third-order valence-electron chi connectivity index (χ3n) is 7.32. The highest BCUT2D eigenvalue weighted by atomic mass is 32.2. The molecule has 10 nitrogen and oxygen atoms in total. The van der Waals surface area contributed by atoms with Crippen LogP contribution in [0.4, 0.5) is 5.69 Å². The van der Waals surface area contributed by atoms with E-state index < -0.39 is 0 Å². The first-order valence-electron chi connectivity index (χ1n) is 13.1. The van der Waals surface area contributed by atoms with E-state index in [0.29, 0.717) is 35.0 Å². The minimum atomic E-state index is 0.212. The van der Waals surface area contributed by atoms with Crippen LogP contribution in [0.15, 0.2) is 36.4 Å². The molecular formula is C27H33N9OS. The molecule has 3 aromatic heterocycles. The highest BCUT2D eigenvalue weighted by Gasteiger charge is 2.22. The summed E-state index contributed by atoms with van der Waals surface area (Å²) in [5.74, 6) is 2.84. The van der Waals surface area contributed by atoms with Crippen LogP contribution in [0.3, 0.4) is 0 Å². The summed E-state index contributed by atoms with van der Waals surface area (Å²) in [6.07, 6.45) is 1.15. The van der Waals surface area contributed by atoms with Gasteiger partial charge in [-0.25, -0.2) is 4.68 Å². The quantitative estimate of drug-likeness (QED) is 0.349. The molecule has 1 aromatic carbocycles. The van der Waals surface area contributed by atoms with E-state index in [1.165, 1.54) is 17.0 Å². The molecule has 11 heteroatoms. The van der Waals surface area contributed by atoms with E-state index in [1.54, 1.807) is 4.52 Å². The Labute approximate surface area is 224 Å². The summed E-state index contributed by atoms with van der Waals surface area (Å²) >= 11 is 0. The second kappa shape index (κ2) is 10.3. The molecule has 1 atom stereocenters. The van der Waals surface area contributed by atoms with E-state index in [0.717, 1.165) is 55.5 Å². The smallest absolute Gasteiger partial charge is 0.222 e. The van der Waals surface area contributed by atoms with Gasteiger partial charge in [0.05, 0.1) is 5.69 Å². The zero-order chi connectivity index (χ0) is 26.2. The van der Waals surface area contributed by atoms with Crippen LogP contribution in [0, 0.1) is 20.8 Å². The number of hydrogen-bond donors (Lipinski definition) is 1. The largest absolute Gasteiger partial charge is 0.340 e. The minimum absolute atomic E-state index is 0.212. The summed E-state index contributed by atoms with van der Waals surface area (Å²) in [4.78, 5) is 17.5. The number of aromatic nitrogens is 6. The summed E-state index contributed by atoms with van der Waals surface area (Å²) in [6, 6.07) is 12.5. The molecule has 0 radical (unpaired) electrons. The summed E-state index contributed by atoms with van der Waals surface area (Å²) < 4.78 is 7.08. The van der Waals surface area contributed by atoms with Crippen LogP contribution in [0.5, 0.6) is 0 Å². The second-order valence-electron chi connectivity index (χ2n) is 9.99. The topological polar surface area (TPSA) is 96.5 Å². The van der Waals surface area contributed by atoms with Gasteiger partial charge in [-0.1, -0.05) is 22.8 Å². The third kappa shape index (κ3) is 5.21. The Morgan fingerprint density at radius 1 is 0.974 bits per heavy atom. The normalized spacial score (nSPS) is 17.6. The molecule has 2 aliphatic heterocycles. The van der Waals surface area contributed by atoms with Crippen molar-refractivity contribution in [2.75, 3.05) is 36.7 Å². The van der Waals surface area contributed by atoms with Crippen molar-refractivity contribution < 1.29 is 4.79 Å². The average Bonchev–Trinajstić information content (AvgIpc) is 3.61. The first kappa shape index (κ1) is 24.7. The van der Waals surface area contributed by atoms with E-state index in [-0.39, 0.29) is 5.91 Å². The molecule has 2 aliphatic rings. The van der Waals surface area contributed by atoms with Gasteiger partial charge in [-0.05, 0) is 68.0 Å². The number of piperazine rings is 1. The molecule has 0 aliphatic carbocycles. The van der Waals surface area contributed by atoms with Gasteiger partial charge < -0.3 is 9.62 Å². The molecule has 0 spiro atoms.